The van der Waals surface area contributed by atoms with Crippen LogP contribution in [0.2, 0.25) is 0 Å². The smallest absolute Gasteiger partial charge is 0.330 e. The number of methoxy groups -OCH3 is 1. The first-order chi connectivity index (χ1) is 11.3. The second kappa shape index (κ2) is 6.75. The van der Waals surface area contributed by atoms with Crippen molar-refractivity contribution < 1.29 is 9.53 Å². The number of ether oxygens (including phenoxy) is 1. The number of carbonyl (C=O) groups is 1. The maximum Gasteiger partial charge on any atom is 0.330 e. The van der Waals surface area contributed by atoms with Crippen LogP contribution in [0.1, 0.15) is 5.69 Å². The van der Waals surface area contributed by atoms with Gasteiger partial charge >= 0.3 is 5.97 Å². The molecule has 0 saturated carbocycles. The summed E-state index contributed by atoms with van der Waals surface area (Å²) in [5.41, 5.74) is 3.61. The van der Waals surface area contributed by atoms with Crippen molar-refractivity contribution in [1.82, 2.24) is 9.78 Å². The monoisotopic (exact) mass is 304 g/mol. The molecule has 3 rings (SSSR count). The van der Waals surface area contributed by atoms with E-state index in [1.54, 1.807) is 6.08 Å². The van der Waals surface area contributed by atoms with Crippen LogP contribution >= 0.6 is 0 Å². The van der Waals surface area contributed by atoms with E-state index >= 15 is 0 Å². The van der Waals surface area contributed by atoms with E-state index in [-0.39, 0.29) is 0 Å². The van der Waals surface area contributed by atoms with Crippen LogP contribution in [0.5, 0.6) is 0 Å². The molecule has 3 aromatic rings. The first kappa shape index (κ1) is 14.8. The Morgan fingerprint density at radius 2 is 1.70 bits per heavy atom. The van der Waals surface area contributed by atoms with Gasteiger partial charge in [-0.15, -0.1) is 0 Å². The fourth-order valence-electron chi connectivity index (χ4n) is 2.26. The SMILES string of the molecule is COC(=O)C=Cc1cc(-c2ccccc2)nn1-c1ccccc1. The van der Waals surface area contributed by atoms with Gasteiger partial charge in [0.2, 0.25) is 0 Å². The van der Waals surface area contributed by atoms with Crippen molar-refractivity contribution in [3.8, 4) is 16.9 Å². The summed E-state index contributed by atoms with van der Waals surface area (Å²) in [4.78, 5) is 11.4. The molecule has 0 amide bonds. The van der Waals surface area contributed by atoms with Gasteiger partial charge in [0.05, 0.1) is 24.2 Å². The fraction of sp³-hybridized carbons (Fsp3) is 0.0526. The third-order valence-corrected chi connectivity index (χ3v) is 3.40. The predicted octanol–water partition coefficient (Wildman–Crippen LogP) is 3.73. The van der Waals surface area contributed by atoms with Crippen LogP contribution in [-0.4, -0.2) is 22.9 Å². The molecule has 114 valence electrons. The molecule has 0 aliphatic rings. The Labute approximate surface area is 134 Å². The summed E-state index contributed by atoms with van der Waals surface area (Å²) in [5, 5.41) is 4.67. The van der Waals surface area contributed by atoms with Crippen LogP contribution in [0.25, 0.3) is 23.0 Å². The Kier molecular flexibility index (Phi) is 4.34. The van der Waals surface area contributed by atoms with Gasteiger partial charge in [0.15, 0.2) is 0 Å². The predicted molar refractivity (Wildman–Crippen MR) is 90.1 cm³/mol. The zero-order chi connectivity index (χ0) is 16.1. The largest absolute Gasteiger partial charge is 0.466 e. The Hall–Kier alpha value is -3.14. The van der Waals surface area contributed by atoms with Crippen LogP contribution in [0.3, 0.4) is 0 Å². The van der Waals surface area contributed by atoms with Gasteiger partial charge in [-0.3, -0.25) is 0 Å². The van der Waals surface area contributed by atoms with Crippen molar-refractivity contribution in [2.24, 2.45) is 0 Å². The van der Waals surface area contributed by atoms with Crippen LogP contribution in [0.15, 0.2) is 72.8 Å². The summed E-state index contributed by atoms with van der Waals surface area (Å²) in [7, 11) is 1.36. The summed E-state index contributed by atoms with van der Waals surface area (Å²) in [6.07, 6.45) is 3.10. The molecule has 2 aromatic carbocycles. The molecule has 4 heteroatoms. The average Bonchev–Trinajstić information content (AvgIpc) is 3.05. The molecule has 0 aliphatic carbocycles. The molecule has 1 heterocycles. The van der Waals surface area contributed by atoms with Gasteiger partial charge < -0.3 is 4.74 Å². The molecule has 0 N–H and O–H groups in total. The number of carbonyl (C=O) groups excluding carboxylic acids is 1. The molecule has 4 nitrogen and oxygen atoms in total. The summed E-state index contributed by atoms with van der Waals surface area (Å²) in [6, 6.07) is 21.7. The van der Waals surface area contributed by atoms with E-state index in [1.165, 1.54) is 13.2 Å². The maximum absolute atomic E-state index is 11.4. The zero-order valence-electron chi connectivity index (χ0n) is 12.7. The molecule has 0 spiro atoms. The number of rotatable bonds is 4. The summed E-state index contributed by atoms with van der Waals surface area (Å²) in [6.45, 7) is 0. The van der Waals surface area contributed by atoms with Crippen molar-refractivity contribution in [2.75, 3.05) is 7.11 Å². The molecular weight excluding hydrogens is 288 g/mol. The topological polar surface area (TPSA) is 44.1 Å². The minimum atomic E-state index is -0.396. The number of aromatic nitrogens is 2. The van der Waals surface area contributed by atoms with E-state index in [4.69, 9.17) is 0 Å². The quantitative estimate of drug-likeness (QED) is 0.545. The molecule has 0 bridgehead atoms. The lowest BCUT2D eigenvalue weighted by Crippen LogP contribution is -1.99. The van der Waals surface area contributed by atoms with Gasteiger partial charge in [0.1, 0.15) is 0 Å². The summed E-state index contributed by atoms with van der Waals surface area (Å²) < 4.78 is 6.46. The molecule has 0 fully saturated rings. The molecular formula is C19H16N2O2. The van der Waals surface area contributed by atoms with Crippen molar-refractivity contribution in [3.05, 3.63) is 78.5 Å². The highest BCUT2D eigenvalue weighted by Crippen LogP contribution is 2.22. The van der Waals surface area contributed by atoms with Crippen molar-refractivity contribution in [1.29, 1.82) is 0 Å². The third-order valence-electron chi connectivity index (χ3n) is 3.40. The standard InChI is InChI=1S/C19H16N2O2/c1-23-19(22)13-12-17-14-18(15-8-4-2-5-9-15)20-21(17)16-10-6-3-7-11-16/h2-14H,1H3. The van der Waals surface area contributed by atoms with Crippen LogP contribution in [-0.2, 0) is 9.53 Å². The second-order valence-electron chi connectivity index (χ2n) is 4.92. The van der Waals surface area contributed by atoms with E-state index in [0.29, 0.717) is 0 Å². The molecule has 0 saturated heterocycles. The first-order valence-corrected chi connectivity index (χ1v) is 7.25. The van der Waals surface area contributed by atoms with Gasteiger partial charge in [-0.1, -0.05) is 48.5 Å². The Bertz CT molecular complexity index is 821. The van der Waals surface area contributed by atoms with Crippen LogP contribution < -0.4 is 0 Å². The van der Waals surface area contributed by atoms with E-state index in [0.717, 1.165) is 22.6 Å². The number of hydrogen-bond acceptors (Lipinski definition) is 3. The number of nitrogens with zero attached hydrogens (tertiary/aromatic N) is 2. The zero-order valence-corrected chi connectivity index (χ0v) is 12.7. The lowest BCUT2D eigenvalue weighted by atomic mass is 10.1. The maximum atomic E-state index is 11.4. The molecule has 0 radical (unpaired) electrons. The third kappa shape index (κ3) is 3.37. The molecule has 0 atom stereocenters. The van der Waals surface area contributed by atoms with Gasteiger partial charge in [-0.25, -0.2) is 9.48 Å². The van der Waals surface area contributed by atoms with E-state index in [1.807, 2.05) is 71.4 Å². The first-order valence-electron chi connectivity index (χ1n) is 7.25. The lowest BCUT2D eigenvalue weighted by molar-refractivity contribution is -0.134. The average molecular weight is 304 g/mol. The summed E-state index contributed by atoms with van der Waals surface area (Å²) in [5.74, 6) is -0.396. The van der Waals surface area contributed by atoms with Crippen molar-refractivity contribution >= 4 is 12.0 Å². The normalized spacial score (nSPS) is 10.8. The molecule has 23 heavy (non-hydrogen) atoms. The van der Waals surface area contributed by atoms with Crippen LogP contribution in [0.4, 0.5) is 0 Å². The molecule has 0 unspecified atom stereocenters. The number of para-hydroxylation sites is 1. The highest BCUT2D eigenvalue weighted by molar-refractivity contribution is 5.87. The van der Waals surface area contributed by atoms with E-state index < -0.39 is 5.97 Å². The minimum Gasteiger partial charge on any atom is -0.466 e. The summed E-state index contributed by atoms with van der Waals surface area (Å²) >= 11 is 0. The van der Waals surface area contributed by atoms with Crippen LogP contribution in [0, 0.1) is 0 Å². The number of hydrogen-bond donors (Lipinski definition) is 0. The van der Waals surface area contributed by atoms with Gasteiger partial charge in [-0.2, -0.15) is 5.10 Å². The van der Waals surface area contributed by atoms with Gasteiger partial charge in [-0.05, 0) is 24.3 Å². The Morgan fingerprint density at radius 1 is 1.04 bits per heavy atom. The van der Waals surface area contributed by atoms with E-state index in [2.05, 4.69) is 9.84 Å². The number of esters is 1. The number of benzene rings is 2. The highest BCUT2D eigenvalue weighted by atomic mass is 16.5. The van der Waals surface area contributed by atoms with Gasteiger partial charge in [0, 0.05) is 11.6 Å². The Balaban J connectivity index is 2.07. The fourth-order valence-corrected chi connectivity index (χ4v) is 2.26. The van der Waals surface area contributed by atoms with E-state index in [9.17, 15) is 4.79 Å². The van der Waals surface area contributed by atoms with Crippen molar-refractivity contribution in [2.45, 2.75) is 0 Å². The molecule has 1 aromatic heterocycles. The van der Waals surface area contributed by atoms with Crippen molar-refractivity contribution in [3.63, 3.8) is 0 Å². The van der Waals surface area contributed by atoms with Gasteiger partial charge in [0.25, 0.3) is 0 Å². The minimum absolute atomic E-state index is 0.396. The lowest BCUT2D eigenvalue weighted by Gasteiger charge is -2.03. The molecule has 0 aliphatic heterocycles. The second-order valence-corrected chi connectivity index (χ2v) is 4.92. The highest BCUT2D eigenvalue weighted by Gasteiger charge is 2.09. The Morgan fingerprint density at radius 3 is 2.35 bits per heavy atom.